The SMILES string of the molecule is CC(=O)NS(=O)(=O)c1ccc(NC(=O)c2ccc(NC(=O)C3CC(=O)N(C(C)C)C3)cc2)cc1. The van der Waals surface area contributed by atoms with E-state index in [0.29, 0.717) is 23.5 Å². The summed E-state index contributed by atoms with van der Waals surface area (Å²) in [7, 11) is -3.96. The summed E-state index contributed by atoms with van der Waals surface area (Å²) < 4.78 is 25.8. The van der Waals surface area contributed by atoms with E-state index in [9.17, 15) is 27.6 Å². The van der Waals surface area contributed by atoms with Crippen LogP contribution in [-0.4, -0.2) is 49.5 Å². The number of rotatable bonds is 7. The summed E-state index contributed by atoms with van der Waals surface area (Å²) in [5, 5.41) is 5.43. The number of benzene rings is 2. The molecule has 4 amide bonds. The molecule has 0 saturated carbocycles. The molecule has 2 aromatic rings. The Morgan fingerprint density at radius 3 is 2.03 bits per heavy atom. The second-order valence-electron chi connectivity index (χ2n) is 8.25. The number of sulfonamides is 1. The fraction of sp³-hybridized carbons (Fsp3) is 0.304. The van der Waals surface area contributed by atoms with Gasteiger partial charge < -0.3 is 15.5 Å². The van der Waals surface area contributed by atoms with Gasteiger partial charge in [-0.05, 0) is 62.4 Å². The van der Waals surface area contributed by atoms with Crippen molar-refractivity contribution in [1.29, 1.82) is 0 Å². The van der Waals surface area contributed by atoms with Crippen LogP contribution in [0.1, 0.15) is 37.6 Å². The zero-order chi connectivity index (χ0) is 25.0. The maximum atomic E-state index is 12.5. The molecule has 3 N–H and O–H groups in total. The molecule has 1 atom stereocenters. The van der Waals surface area contributed by atoms with Crippen LogP contribution in [0.4, 0.5) is 11.4 Å². The van der Waals surface area contributed by atoms with Gasteiger partial charge in [-0.15, -0.1) is 0 Å². The van der Waals surface area contributed by atoms with E-state index in [4.69, 9.17) is 0 Å². The summed E-state index contributed by atoms with van der Waals surface area (Å²) in [4.78, 5) is 49.6. The van der Waals surface area contributed by atoms with E-state index < -0.39 is 27.8 Å². The molecule has 0 radical (unpaired) electrons. The Morgan fingerprint density at radius 2 is 1.50 bits per heavy atom. The van der Waals surface area contributed by atoms with Crippen molar-refractivity contribution in [2.24, 2.45) is 5.92 Å². The van der Waals surface area contributed by atoms with Crippen molar-refractivity contribution in [2.75, 3.05) is 17.2 Å². The van der Waals surface area contributed by atoms with Crippen LogP contribution in [0.15, 0.2) is 53.4 Å². The van der Waals surface area contributed by atoms with Crippen LogP contribution >= 0.6 is 0 Å². The first kappa shape index (κ1) is 24.9. The van der Waals surface area contributed by atoms with Crippen molar-refractivity contribution in [3.8, 4) is 0 Å². The second-order valence-corrected chi connectivity index (χ2v) is 9.93. The minimum Gasteiger partial charge on any atom is -0.339 e. The van der Waals surface area contributed by atoms with Gasteiger partial charge in [0.2, 0.25) is 17.7 Å². The molecule has 0 bridgehead atoms. The van der Waals surface area contributed by atoms with E-state index >= 15 is 0 Å². The number of nitrogens with zero attached hydrogens (tertiary/aromatic N) is 1. The Morgan fingerprint density at radius 1 is 0.941 bits per heavy atom. The van der Waals surface area contributed by atoms with Gasteiger partial charge in [-0.2, -0.15) is 0 Å². The third-order valence-electron chi connectivity index (χ3n) is 5.27. The lowest BCUT2D eigenvalue weighted by atomic mass is 10.1. The van der Waals surface area contributed by atoms with Crippen LogP contribution in [0, 0.1) is 5.92 Å². The van der Waals surface area contributed by atoms with Gasteiger partial charge in [0.05, 0.1) is 10.8 Å². The fourth-order valence-electron chi connectivity index (χ4n) is 3.52. The van der Waals surface area contributed by atoms with Crippen molar-refractivity contribution in [3.05, 3.63) is 54.1 Å². The molecule has 0 aliphatic carbocycles. The topological polar surface area (TPSA) is 142 Å². The van der Waals surface area contributed by atoms with Crippen LogP contribution in [0.25, 0.3) is 0 Å². The number of amides is 4. The van der Waals surface area contributed by atoms with Gasteiger partial charge in [-0.3, -0.25) is 19.2 Å². The highest BCUT2D eigenvalue weighted by atomic mass is 32.2. The molecule has 1 saturated heterocycles. The molecular formula is C23H26N4O6S. The smallest absolute Gasteiger partial charge is 0.264 e. The first-order valence-electron chi connectivity index (χ1n) is 10.6. The first-order valence-corrected chi connectivity index (χ1v) is 12.1. The van der Waals surface area contributed by atoms with Crippen LogP contribution in [0.3, 0.4) is 0 Å². The lowest BCUT2D eigenvalue weighted by Crippen LogP contribution is -2.33. The van der Waals surface area contributed by atoms with Gasteiger partial charge in [-0.1, -0.05) is 0 Å². The molecule has 1 aliphatic heterocycles. The van der Waals surface area contributed by atoms with E-state index in [1.165, 1.54) is 24.3 Å². The first-order chi connectivity index (χ1) is 16.0. The summed E-state index contributed by atoms with van der Waals surface area (Å²) >= 11 is 0. The molecule has 1 fully saturated rings. The highest BCUT2D eigenvalue weighted by molar-refractivity contribution is 7.90. The number of likely N-dealkylation sites (tertiary alicyclic amines) is 1. The molecule has 3 rings (SSSR count). The maximum Gasteiger partial charge on any atom is 0.264 e. The number of carbonyl (C=O) groups excluding carboxylic acids is 4. The Kier molecular flexibility index (Phi) is 7.35. The zero-order valence-electron chi connectivity index (χ0n) is 19.0. The Hall–Kier alpha value is -3.73. The molecule has 1 unspecified atom stereocenters. The van der Waals surface area contributed by atoms with Crippen molar-refractivity contribution >= 4 is 45.0 Å². The standard InChI is InChI=1S/C23H26N4O6S/c1-14(2)27-13-17(12-21(27)29)23(31)25-18-6-4-16(5-7-18)22(30)24-19-8-10-20(11-9-19)34(32,33)26-15(3)28/h4-11,14,17H,12-13H2,1-3H3,(H,24,30)(H,25,31)(H,26,28). The minimum absolute atomic E-state index is 0.0390. The lowest BCUT2D eigenvalue weighted by Gasteiger charge is -2.20. The van der Waals surface area contributed by atoms with E-state index in [-0.39, 0.29) is 29.2 Å². The van der Waals surface area contributed by atoms with Crippen LogP contribution < -0.4 is 15.4 Å². The zero-order valence-corrected chi connectivity index (χ0v) is 19.8. The second kappa shape index (κ2) is 10.0. The molecule has 1 heterocycles. The van der Waals surface area contributed by atoms with Crippen molar-refractivity contribution < 1.29 is 27.6 Å². The quantitative estimate of drug-likeness (QED) is 0.546. The molecular weight excluding hydrogens is 460 g/mol. The number of nitrogens with one attached hydrogen (secondary N) is 3. The third-order valence-corrected chi connectivity index (χ3v) is 6.72. The summed E-state index contributed by atoms with van der Waals surface area (Å²) in [5.74, 6) is -1.84. The molecule has 34 heavy (non-hydrogen) atoms. The molecule has 0 spiro atoms. The van der Waals surface area contributed by atoms with E-state index in [2.05, 4.69) is 10.6 Å². The van der Waals surface area contributed by atoms with Gasteiger partial charge in [-0.25, -0.2) is 13.1 Å². The highest BCUT2D eigenvalue weighted by Crippen LogP contribution is 2.22. The van der Waals surface area contributed by atoms with E-state index in [0.717, 1.165) is 6.92 Å². The number of hydrogen-bond acceptors (Lipinski definition) is 6. The van der Waals surface area contributed by atoms with E-state index in [1.54, 1.807) is 29.2 Å². The Balaban J connectivity index is 1.58. The van der Waals surface area contributed by atoms with Gasteiger partial charge in [0, 0.05) is 42.9 Å². The molecule has 10 nitrogen and oxygen atoms in total. The van der Waals surface area contributed by atoms with Gasteiger partial charge in [0.15, 0.2) is 0 Å². The van der Waals surface area contributed by atoms with Crippen LogP contribution in [-0.2, 0) is 24.4 Å². The molecule has 2 aromatic carbocycles. The average Bonchev–Trinajstić information content (AvgIpc) is 3.16. The summed E-state index contributed by atoms with van der Waals surface area (Å²) in [6.07, 6.45) is 0.176. The van der Waals surface area contributed by atoms with Gasteiger partial charge >= 0.3 is 0 Å². The molecule has 180 valence electrons. The largest absolute Gasteiger partial charge is 0.339 e. The van der Waals surface area contributed by atoms with Crippen molar-refractivity contribution in [2.45, 2.75) is 38.1 Å². The van der Waals surface area contributed by atoms with E-state index in [1.807, 2.05) is 18.6 Å². The molecule has 1 aliphatic rings. The summed E-state index contributed by atoms with van der Waals surface area (Å²) in [5.41, 5.74) is 1.20. The highest BCUT2D eigenvalue weighted by Gasteiger charge is 2.35. The predicted octanol–water partition coefficient (Wildman–Crippen LogP) is 1.96. The van der Waals surface area contributed by atoms with Gasteiger partial charge in [0.25, 0.3) is 15.9 Å². The number of hydrogen-bond donors (Lipinski definition) is 3. The average molecular weight is 487 g/mol. The summed E-state index contributed by atoms with van der Waals surface area (Å²) in [6.45, 7) is 5.29. The summed E-state index contributed by atoms with van der Waals surface area (Å²) in [6, 6.07) is 11.7. The molecule has 0 aromatic heterocycles. The molecule has 11 heteroatoms. The van der Waals surface area contributed by atoms with Crippen LogP contribution in [0.2, 0.25) is 0 Å². The number of anilines is 2. The Bertz CT molecular complexity index is 1210. The monoisotopic (exact) mass is 486 g/mol. The predicted molar refractivity (Wildman–Crippen MR) is 125 cm³/mol. The van der Waals surface area contributed by atoms with Crippen molar-refractivity contribution in [1.82, 2.24) is 9.62 Å². The van der Waals surface area contributed by atoms with Gasteiger partial charge in [0.1, 0.15) is 0 Å². The van der Waals surface area contributed by atoms with Crippen LogP contribution in [0.5, 0.6) is 0 Å². The third kappa shape index (κ3) is 5.98. The van der Waals surface area contributed by atoms with Crippen molar-refractivity contribution in [3.63, 3.8) is 0 Å². The Labute approximate surface area is 197 Å². The minimum atomic E-state index is -3.96. The lowest BCUT2D eigenvalue weighted by molar-refractivity contribution is -0.129. The maximum absolute atomic E-state index is 12.5. The normalized spacial score (nSPS) is 15.8. The number of carbonyl (C=O) groups is 4. The fourth-order valence-corrected chi connectivity index (χ4v) is 4.52.